The Hall–Kier alpha value is -2.61. The maximum atomic E-state index is 12.6. The molecule has 120 valence electrons. The average molecular weight is 331 g/mol. The number of H-pyrrole nitrogens is 1. The minimum Gasteiger partial charge on any atom is -0.383 e. The summed E-state index contributed by atoms with van der Waals surface area (Å²) in [6.07, 6.45) is 1.67. The largest absolute Gasteiger partial charge is 0.383 e. The average Bonchev–Trinajstić information content (AvgIpc) is 2.91. The van der Waals surface area contributed by atoms with Crippen LogP contribution in [0.15, 0.2) is 35.4 Å². The number of fused-ring (bicyclic) bond motifs is 1. The number of rotatable bonds is 3. The highest BCUT2D eigenvalue weighted by Crippen LogP contribution is 2.36. The molecule has 0 amide bonds. The number of sulfone groups is 1. The number of nitrogens with two attached hydrogens (primary N) is 2. The molecule has 5 N–H and O–H groups in total. The second-order valence-electron chi connectivity index (χ2n) is 5.48. The molecule has 0 saturated heterocycles. The van der Waals surface area contributed by atoms with Gasteiger partial charge < -0.3 is 16.5 Å². The number of hydrogen-bond donors (Lipinski definition) is 3. The molecule has 0 saturated carbocycles. The third-order valence-corrected chi connectivity index (χ3v) is 5.89. The second kappa shape index (κ2) is 5.24. The highest BCUT2D eigenvalue weighted by atomic mass is 32.2. The maximum Gasteiger partial charge on any atom is 0.223 e. The van der Waals surface area contributed by atoms with E-state index in [4.69, 9.17) is 11.5 Å². The van der Waals surface area contributed by atoms with E-state index in [-0.39, 0.29) is 16.7 Å². The lowest BCUT2D eigenvalue weighted by molar-refractivity contribution is 0.587. The number of anilines is 2. The summed E-state index contributed by atoms with van der Waals surface area (Å²) in [5, 5.41) is 0.0312. The van der Waals surface area contributed by atoms with Crippen LogP contribution in [0.1, 0.15) is 13.8 Å². The summed E-state index contributed by atoms with van der Waals surface area (Å²) in [5.74, 6) is 0.270. The molecule has 2 aromatic heterocycles. The van der Waals surface area contributed by atoms with Crippen LogP contribution in [0.4, 0.5) is 11.8 Å². The minimum atomic E-state index is -3.44. The summed E-state index contributed by atoms with van der Waals surface area (Å²) < 4.78 is 25.3. The monoisotopic (exact) mass is 331 g/mol. The number of nitrogens with zero attached hydrogens (tertiary/aromatic N) is 2. The van der Waals surface area contributed by atoms with Crippen LogP contribution in [-0.2, 0) is 9.84 Å². The van der Waals surface area contributed by atoms with E-state index in [2.05, 4.69) is 15.0 Å². The number of hydrogen-bond acceptors (Lipinski definition) is 6. The first-order chi connectivity index (χ1) is 10.8. The zero-order chi connectivity index (χ0) is 16.8. The van der Waals surface area contributed by atoms with E-state index < -0.39 is 15.1 Å². The fraction of sp³-hybridized carbons (Fsp3) is 0.200. The van der Waals surface area contributed by atoms with Crippen molar-refractivity contribution in [1.29, 1.82) is 0 Å². The molecule has 1 aromatic carbocycles. The van der Waals surface area contributed by atoms with Gasteiger partial charge in [-0.25, -0.2) is 8.42 Å². The summed E-state index contributed by atoms with van der Waals surface area (Å²) in [5.41, 5.74) is 13.2. The van der Waals surface area contributed by atoms with Crippen molar-refractivity contribution in [3.05, 3.63) is 30.5 Å². The Morgan fingerprint density at radius 2 is 1.78 bits per heavy atom. The van der Waals surface area contributed by atoms with Crippen molar-refractivity contribution in [3.8, 4) is 11.1 Å². The van der Waals surface area contributed by atoms with Gasteiger partial charge in [0.05, 0.1) is 15.5 Å². The van der Waals surface area contributed by atoms with E-state index >= 15 is 0 Å². The van der Waals surface area contributed by atoms with E-state index in [9.17, 15) is 8.42 Å². The van der Waals surface area contributed by atoms with Gasteiger partial charge in [-0.3, -0.25) is 0 Å². The first kappa shape index (κ1) is 15.3. The predicted molar refractivity (Wildman–Crippen MR) is 90.5 cm³/mol. The van der Waals surface area contributed by atoms with E-state index in [1.54, 1.807) is 44.3 Å². The van der Waals surface area contributed by atoms with Crippen LogP contribution in [-0.4, -0.2) is 28.6 Å². The lowest BCUT2D eigenvalue weighted by Gasteiger charge is -2.12. The van der Waals surface area contributed by atoms with Gasteiger partial charge in [-0.1, -0.05) is 18.2 Å². The fourth-order valence-electron chi connectivity index (χ4n) is 2.48. The topological polar surface area (TPSA) is 128 Å². The second-order valence-corrected chi connectivity index (χ2v) is 7.96. The molecule has 3 aromatic rings. The van der Waals surface area contributed by atoms with Crippen molar-refractivity contribution >= 4 is 32.6 Å². The van der Waals surface area contributed by atoms with Gasteiger partial charge in [-0.05, 0) is 19.9 Å². The molecule has 0 fully saturated rings. The molecule has 23 heavy (non-hydrogen) atoms. The Balaban J connectivity index is 2.34. The number of nitrogen functional groups attached to an aromatic ring is 2. The molecule has 0 bridgehead atoms. The van der Waals surface area contributed by atoms with Crippen molar-refractivity contribution < 1.29 is 8.42 Å². The normalized spacial score (nSPS) is 12.1. The van der Waals surface area contributed by atoms with Crippen molar-refractivity contribution in [2.24, 2.45) is 0 Å². The van der Waals surface area contributed by atoms with Gasteiger partial charge in [0.25, 0.3) is 0 Å². The van der Waals surface area contributed by atoms with Crippen molar-refractivity contribution in [1.82, 2.24) is 15.0 Å². The first-order valence-corrected chi connectivity index (χ1v) is 8.60. The van der Waals surface area contributed by atoms with Gasteiger partial charge in [-0.2, -0.15) is 9.97 Å². The summed E-state index contributed by atoms with van der Waals surface area (Å²) >= 11 is 0. The quantitative estimate of drug-likeness (QED) is 0.673. The van der Waals surface area contributed by atoms with E-state index in [1.165, 1.54) is 0 Å². The summed E-state index contributed by atoms with van der Waals surface area (Å²) in [7, 11) is -3.44. The molecule has 2 heterocycles. The lowest BCUT2D eigenvalue weighted by Crippen LogP contribution is -2.15. The van der Waals surface area contributed by atoms with Gasteiger partial charge in [0.1, 0.15) is 11.5 Å². The first-order valence-electron chi connectivity index (χ1n) is 7.05. The molecule has 7 nitrogen and oxygen atoms in total. The van der Waals surface area contributed by atoms with E-state index in [0.717, 1.165) is 0 Å². The third kappa shape index (κ3) is 2.40. The van der Waals surface area contributed by atoms with Crippen LogP contribution in [0, 0.1) is 0 Å². The van der Waals surface area contributed by atoms with Gasteiger partial charge in [0, 0.05) is 17.3 Å². The fourth-order valence-corrected chi connectivity index (χ4v) is 3.74. The number of aromatic nitrogens is 3. The predicted octanol–water partition coefficient (Wildman–Crippen LogP) is 1.97. The van der Waals surface area contributed by atoms with Crippen LogP contribution in [0.25, 0.3) is 22.2 Å². The lowest BCUT2D eigenvalue weighted by atomic mass is 10.1. The Kier molecular flexibility index (Phi) is 3.48. The molecule has 0 aliphatic carbocycles. The van der Waals surface area contributed by atoms with Crippen LogP contribution >= 0.6 is 0 Å². The minimum absolute atomic E-state index is 0.0616. The van der Waals surface area contributed by atoms with E-state index in [0.29, 0.717) is 22.2 Å². The van der Waals surface area contributed by atoms with E-state index in [1.807, 2.05) is 0 Å². The number of benzene rings is 1. The number of aromatic amines is 1. The zero-order valence-electron chi connectivity index (χ0n) is 12.7. The van der Waals surface area contributed by atoms with Crippen LogP contribution < -0.4 is 11.5 Å². The molecule has 0 unspecified atom stereocenters. The molecule has 8 heteroatoms. The zero-order valence-corrected chi connectivity index (χ0v) is 13.6. The molecule has 0 spiro atoms. The maximum absolute atomic E-state index is 12.6. The van der Waals surface area contributed by atoms with Crippen LogP contribution in [0.5, 0.6) is 0 Å². The summed E-state index contributed by atoms with van der Waals surface area (Å²) in [4.78, 5) is 11.3. The Morgan fingerprint density at radius 1 is 1.09 bits per heavy atom. The molecule has 3 rings (SSSR count). The van der Waals surface area contributed by atoms with Crippen molar-refractivity contribution in [2.75, 3.05) is 11.5 Å². The Morgan fingerprint density at radius 3 is 2.48 bits per heavy atom. The molecular formula is C15H17N5O2S. The Bertz CT molecular complexity index is 992. The summed E-state index contributed by atoms with van der Waals surface area (Å²) in [6, 6.07) is 6.82. The molecular weight excluding hydrogens is 314 g/mol. The highest BCUT2D eigenvalue weighted by molar-refractivity contribution is 7.92. The van der Waals surface area contributed by atoms with Gasteiger partial charge in [0.15, 0.2) is 9.84 Å². The van der Waals surface area contributed by atoms with Gasteiger partial charge in [0.2, 0.25) is 5.95 Å². The summed E-state index contributed by atoms with van der Waals surface area (Å²) in [6.45, 7) is 3.30. The van der Waals surface area contributed by atoms with Crippen LogP contribution in [0.3, 0.4) is 0 Å². The van der Waals surface area contributed by atoms with Crippen LogP contribution in [0.2, 0.25) is 0 Å². The molecule has 0 atom stereocenters. The SMILES string of the molecule is CC(C)S(=O)(=O)c1ccccc1-c1c[nH]c2nc(N)nc(N)c12. The smallest absolute Gasteiger partial charge is 0.223 e. The van der Waals surface area contributed by atoms with Crippen molar-refractivity contribution in [3.63, 3.8) is 0 Å². The number of nitrogens with one attached hydrogen (secondary N) is 1. The van der Waals surface area contributed by atoms with Crippen molar-refractivity contribution in [2.45, 2.75) is 24.0 Å². The molecule has 0 aliphatic heterocycles. The third-order valence-electron chi connectivity index (χ3n) is 3.68. The molecule has 0 radical (unpaired) electrons. The Labute approximate surface area is 133 Å². The highest BCUT2D eigenvalue weighted by Gasteiger charge is 2.24. The van der Waals surface area contributed by atoms with Gasteiger partial charge in [-0.15, -0.1) is 0 Å². The van der Waals surface area contributed by atoms with Gasteiger partial charge >= 0.3 is 0 Å². The molecule has 0 aliphatic rings. The standard InChI is InChI=1S/C15H17N5O2S/c1-8(2)23(21,22)11-6-4-3-5-9(11)10-7-18-14-12(10)13(16)19-15(17)20-14/h3-8H,1-2H3,(H5,16,17,18,19,20).